The van der Waals surface area contributed by atoms with E-state index in [0.717, 1.165) is 4.88 Å². The van der Waals surface area contributed by atoms with Crippen molar-refractivity contribution in [3.63, 3.8) is 0 Å². The molecule has 10 heteroatoms. The standard InChI is InChI=1S/C18H20N4O4S2/c1-13-21-17(26-22-13)5-2-10-19-18(23)14-6-8-16(9-7-14)28(24,25)20-12-15-4-3-11-27-15/h3-4,6-9,11,20H,2,5,10,12H2,1H3,(H,19,23). The molecule has 2 heterocycles. The van der Waals surface area contributed by atoms with Gasteiger partial charge in [0.25, 0.3) is 5.91 Å². The quantitative estimate of drug-likeness (QED) is 0.513. The van der Waals surface area contributed by atoms with Crippen LogP contribution in [-0.4, -0.2) is 31.0 Å². The predicted molar refractivity (Wildman–Crippen MR) is 104 cm³/mol. The van der Waals surface area contributed by atoms with Crippen molar-refractivity contribution in [3.05, 3.63) is 63.9 Å². The third-order valence-corrected chi connectivity index (χ3v) is 6.16. The van der Waals surface area contributed by atoms with Crippen LogP contribution in [0.15, 0.2) is 51.2 Å². The summed E-state index contributed by atoms with van der Waals surface area (Å²) in [7, 11) is -3.63. The molecule has 3 rings (SSSR count). The maximum absolute atomic E-state index is 12.3. The summed E-state index contributed by atoms with van der Waals surface area (Å²) in [5, 5.41) is 8.38. The summed E-state index contributed by atoms with van der Waals surface area (Å²) in [6, 6.07) is 9.57. The summed E-state index contributed by atoms with van der Waals surface area (Å²) < 4.78 is 32.2. The zero-order valence-electron chi connectivity index (χ0n) is 15.2. The molecule has 0 bridgehead atoms. The van der Waals surface area contributed by atoms with Crippen LogP contribution in [0.5, 0.6) is 0 Å². The summed E-state index contributed by atoms with van der Waals surface area (Å²) in [4.78, 5) is 17.3. The molecule has 0 radical (unpaired) electrons. The smallest absolute Gasteiger partial charge is 0.251 e. The Bertz CT molecular complexity index is 1010. The van der Waals surface area contributed by atoms with E-state index in [1.165, 1.54) is 35.6 Å². The third kappa shape index (κ3) is 5.47. The normalized spacial score (nSPS) is 11.5. The molecule has 0 spiro atoms. The molecule has 0 saturated carbocycles. The lowest BCUT2D eigenvalue weighted by atomic mass is 10.2. The van der Waals surface area contributed by atoms with Gasteiger partial charge >= 0.3 is 0 Å². The molecule has 0 aliphatic heterocycles. The molecule has 148 valence electrons. The molecule has 28 heavy (non-hydrogen) atoms. The molecule has 0 aliphatic rings. The van der Waals surface area contributed by atoms with Crippen LogP contribution in [0.4, 0.5) is 0 Å². The van der Waals surface area contributed by atoms with Gasteiger partial charge in [0.1, 0.15) is 0 Å². The number of sulfonamides is 1. The van der Waals surface area contributed by atoms with Crippen LogP contribution >= 0.6 is 11.3 Å². The van der Waals surface area contributed by atoms with Crippen molar-refractivity contribution in [2.75, 3.05) is 6.54 Å². The molecule has 0 atom stereocenters. The lowest BCUT2D eigenvalue weighted by Crippen LogP contribution is -2.25. The summed E-state index contributed by atoms with van der Waals surface area (Å²) in [5.74, 6) is 0.854. The van der Waals surface area contributed by atoms with Gasteiger partial charge in [0.05, 0.1) is 4.90 Å². The summed E-state index contributed by atoms with van der Waals surface area (Å²) >= 11 is 1.48. The van der Waals surface area contributed by atoms with Crippen LogP contribution in [0, 0.1) is 6.92 Å². The Morgan fingerprint density at radius 3 is 2.64 bits per heavy atom. The molecule has 0 fully saturated rings. The minimum Gasteiger partial charge on any atom is -0.352 e. The number of nitrogens with zero attached hydrogens (tertiary/aromatic N) is 2. The fourth-order valence-electron chi connectivity index (χ4n) is 2.43. The molecule has 2 aromatic heterocycles. The Kier molecular flexibility index (Phi) is 6.55. The molecule has 8 nitrogen and oxygen atoms in total. The van der Waals surface area contributed by atoms with Gasteiger partial charge < -0.3 is 9.84 Å². The fraction of sp³-hybridized carbons (Fsp3) is 0.278. The first-order valence-corrected chi connectivity index (χ1v) is 11.0. The lowest BCUT2D eigenvalue weighted by molar-refractivity contribution is 0.0953. The van der Waals surface area contributed by atoms with Gasteiger partial charge in [-0.1, -0.05) is 11.2 Å². The molecule has 1 aromatic carbocycles. The number of thiophene rings is 1. The number of hydrogen-bond acceptors (Lipinski definition) is 7. The summed E-state index contributed by atoms with van der Waals surface area (Å²) in [5.41, 5.74) is 0.394. The lowest BCUT2D eigenvalue weighted by Gasteiger charge is -2.07. The van der Waals surface area contributed by atoms with Gasteiger partial charge in [-0.2, -0.15) is 4.98 Å². The average molecular weight is 421 g/mol. The minimum absolute atomic E-state index is 0.118. The second kappa shape index (κ2) is 9.09. The average Bonchev–Trinajstić information content (AvgIpc) is 3.35. The highest BCUT2D eigenvalue weighted by Gasteiger charge is 2.15. The van der Waals surface area contributed by atoms with Crippen molar-refractivity contribution >= 4 is 27.3 Å². The molecular weight excluding hydrogens is 400 g/mol. The molecule has 2 N–H and O–H groups in total. The highest BCUT2D eigenvalue weighted by Crippen LogP contribution is 2.13. The number of aryl methyl sites for hydroxylation is 2. The monoisotopic (exact) mass is 420 g/mol. The van der Waals surface area contributed by atoms with Crippen LogP contribution in [-0.2, 0) is 23.0 Å². The molecule has 0 saturated heterocycles. The Morgan fingerprint density at radius 1 is 1.21 bits per heavy atom. The number of aromatic nitrogens is 2. The Hall–Kier alpha value is -2.56. The number of carbonyl (C=O) groups excluding carboxylic acids is 1. The van der Waals surface area contributed by atoms with Gasteiger partial charge in [-0.25, -0.2) is 13.1 Å². The number of hydrogen-bond donors (Lipinski definition) is 2. The van der Waals surface area contributed by atoms with Crippen molar-refractivity contribution in [2.45, 2.75) is 31.2 Å². The van der Waals surface area contributed by atoms with Crippen LogP contribution in [0.25, 0.3) is 0 Å². The van der Waals surface area contributed by atoms with Crippen molar-refractivity contribution in [3.8, 4) is 0 Å². The molecule has 3 aromatic rings. The number of benzene rings is 1. The van der Waals surface area contributed by atoms with Gasteiger partial charge in [-0.3, -0.25) is 4.79 Å². The second-order valence-electron chi connectivity index (χ2n) is 6.02. The Balaban J connectivity index is 1.49. The van der Waals surface area contributed by atoms with Crippen molar-refractivity contribution in [2.24, 2.45) is 0 Å². The molecule has 1 amide bonds. The zero-order valence-corrected chi connectivity index (χ0v) is 16.8. The van der Waals surface area contributed by atoms with Crippen molar-refractivity contribution in [1.82, 2.24) is 20.2 Å². The Labute approximate surface area is 167 Å². The zero-order chi connectivity index (χ0) is 20.0. The first-order valence-electron chi connectivity index (χ1n) is 8.63. The highest BCUT2D eigenvalue weighted by molar-refractivity contribution is 7.89. The van der Waals surface area contributed by atoms with E-state index in [1.807, 2.05) is 17.5 Å². The van der Waals surface area contributed by atoms with Gasteiger partial charge in [0.15, 0.2) is 5.82 Å². The van der Waals surface area contributed by atoms with E-state index in [9.17, 15) is 13.2 Å². The maximum Gasteiger partial charge on any atom is 0.251 e. The molecule has 0 aliphatic carbocycles. The van der Waals surface area contributed by atoms with Crippen molar-refractivity contribution < 1.29 is 17.7 Å². The largest absolute Gasteiger partial charge is 0.352 e. The van der Waals surface area contributed by atoms with E-state index >= 15 is 0 Å². The topological polar surface area (TPSA) is 114 Å². The maximum atomic E-state index is 12.3. The second-order valence-corrected chi connectivity index (χ2v) is 8.82. The van der Waals surface area contributed by atoms with Crippen LogP contribution in [0.1, 0.15) is 33.4 Å². The number of amides is 1. The number of nitrogens with one attached hydrogen (secondary N) is 2. The minimum atomic E-state index is -3.63. The summed E-state index contributed by atoms with van der Waals surface area (Å²) in [6.45, 7) is 2.43. The van der Waals surface area contributed by atoms with E-state index < -0.39 is 10.0 Å². The van der Waals surface area contributed by atoms with Gasteiger partial charge in [0.2, 0.25) is 15.9 Å². The van der Waals surface area contributed by atoms with E-state index in [1.54, 1.807) is 6.92 Å². The third-order valence-electron chi connectivity index (χ3n) is 3.87. The van der Waals surface area contributed by atoms with E-state index in [0.29, 0.717) is 36.7 Å². The van der Waals surface area contributed by atoms with Crippen molar-refractivity contribution in [1.29, 1.82) is 0 Å². The van der Waals surface area contributed by atoms with Gasteiger partial charge in [0, 0.05) is 30.0 Å². The number of rotatable bonds is 9. The highest BCUT2D eigenvalue weighted by atomic mass is 32.2. The van der Waals surface area contributed by atoms with Gasteiger partial charge in [-0.05, 0) is 49.1 Å². The van der Waals surface area contributed by atoms with Crippen LogP contribution in [0.2, 0.25) is 0 Å². The van der Waals surface area contributed by atoms with E-state index in [2.05, 4.69) is 20.2 Å². The Morgan fingerprint density at radius 2 is 2.00 bits per heavy atom. The molecule has 0 unspecified atom stereocenters. The van der Waals surface area contributed by atoms with Crippen LogP contribution in [0.3, 0.4) is 0 Å². The number of carbonyl (C=O) groups is 1. The van der Waals surface area contributed by atoms with E-state index in [4.69, 9.17) is 4.52 Å². The summed E-state index contributed by atoms with van der Waals surface area (Å²) in [6.07, 6.45) is 1.24. The first kappa shape index (κ1) is 20.2. The van der Waals surface area contributed by atoms with E-state index in [-0.39, 0.29) is 17.3 Å². The SMILES string of the molecule is Cc1noc(CCCNC(=O)c2ccc(S(=O)(=O)NCc3cccs3)cc2)n1. The first-order chi connectivity index (χ1) is 13.4. The molecular formula is C18H20N4O4S2. The fourth-order valence-corrected chi connectivity index (χ4v) is 4.18. The predicted octanol–water partition coefficient (Wildman–Crippen LogP) is 2.28. The van der Waals surface area contributed by atoms with Crippen LogP contribution < -0.4 is 10.0 Å². The van der Waals surface area contributed by atoms with Gasteiger partial charge in [-0.15, -0.1) is 11.3 Å².